The molecule has 0 bridgehead atoms. The zero-order chi connectivity index (χ0) is 10.1. The van der Waals surface area contributed by atoms with Gasteiger partial charge in [-0.3, -0.25) is 0 Å². The summed E-state index contributed by atoms with van der Waals surface area (Å²) in [6, 6.07) is 0.564. The number of methoxy groups -OCH3 is 1. The van der Waals surface area contributed by atoms with Crippen LogP contribution in [0.15, 0.2) is 0 Å². The van der Waals surface area contributed by atoms with Crippen LogP contribution in [-0.4, -0.2) is 52.7 Å². The third kappa shape index (κ3) is 5.54. The Morgan fingerprint density at radius 3 is 3.00 bits per heavy atom. The minimum Gasteiger partial charge on any atom is -0.382 e. The molecule has 1 atom stereocenters. The van der Waals surface area contributed by atoms with E-state index in [0.29, 0.717) is 19.3 Å². The number of nitrogens with one attached hydrogen (secondary N) is 1. The maximum Gasteiger partial charge on any atom is 0.0700 e. The molecule has 0 saturated carbocycles. The molecule has 0 spiro atoms. The Bertz CT molecular complexity index is 127. The zero-order valence-electron chi connectivity index (χ0n) is 8.96. The summed E-state index contributed by atoms with van der Waals surface area (Å²) in [6.45, 7) is 4.98. The van der Waals surface area contributed by atoms with Crippen LogP contribution in [0.4, 0.5) is 0 Å². The molecule has 84 valence electrons. The average Bonchev–Trinajstić information content (AvgIpc) is 2.69. The van der Waals surface area contributed by atoms with Crippen LogP contribution in [0.3, 0.4) is 0 Å². The molecular formula is C10H21NO3. The van der Waals surface area contributed by atoms with E-state index < -0.39 is 0 Å². The van der Waals surface area contributed by atoms with E-state index >= 15 is 0 Å². The molecule has 1 aliphatic heterocycles. The number of hydrogen-bond acceptors (Lipinski definition) is 4. The highest BCUT2D eigenvalue weighted by atomic mass is 16.5. The van der Waals surface area contributed by atoms with Gasteiger partial charge in [0.15, 0.2) is 0 Å². The second-order valence-electron chi connectivity index (χ2n) is 3.47. The van der Waals surface area contributed by atoms with Gasteiger partial charge in [0.1, 0.15) is 0 Å². The molecule has 4 heteroatoms. The van der Waals surface area contributed by atoms with Crippen molar-refractivity contribution in [3.63, 3.8) is 0 Å². The average molecular weight is 203 g/mol. The summed E-state index contributed by atoms with van der Waals surface area (Å²) in [5, 5.41) is 3.44. The van der Waals surface area contributed by atoms with E-state index in [4.69, 9.17) is 14.2 Å². The molecule has 14 heavy (non-hydrogen) atoms. The Kier molecular flexibility index (Phi) is 6.95. The van der Waals surface area contributed by atoms with Gasteiger partial charge in [-0.15, -0.1) is 0 Å². The second-order valence-corrected chi connectivity index (χ2v) is 3.47. The first-order valence-electron chi connectivity index (χ1n) is 5.31. The van der Waals surface area contributed by atoms with Crippen molar-refractivity contribution in [2.24, 2.45) is 0 Å². The molecule has 1 fully saturated rings. The highest BCUT2D eigenvalue weighted by Gasteiger charge is 2.13. The quantitative estimate of drug-likeness (QED) is 0.580. The van der Waals surface area contributed by atoms with Gasteiger partial charge in [-0.05, 0) is 19.4 Å². The van der Waals surface area contributed by atoms with E-state index in [1.54, 1.807) is 7.11 Å². The lowest BCUT2D eigenvalue weighted by molar-refractivity contribution is 0.0692. The molecule has 1 heterocycles. The Labute approximate surface area is 85.9 Å². The zero-order valence-corrected chi connectivity index (χ0v) is 8.96. The van der Waals surface area contributed by atoms with Gasteiger partial charge in [-0.2, -0.15) is 0 Å². The fourth-order valence-corrected chi connectivity index (χ4v) is 1.42. The van der Waals surface area contributed by atoms with Gasteiger partial charge in [0.25, 0.3) is 0 Å². The molecule has 0 radical (unpaired) electrons. The second kappa shape index (κ2) is 8.17. The first kappa shape index (κ1) is 11.9. The maximum atomic E-state index is 5.34. The fraction of sp³-hybridized carbons (Fsp3) is 1.00. The molecule has 1 unspecified atom stereocenters. The lowest BCUT2D eigenvalue weighted by Gasteiger charge is -2.10. The molecule has 0 aromatic rings. The van der Waals surface area contributed by atoms with Gasteiger partial charge < -0.3 is 19.5 Å². The van der Waals surface area contributed by atoms with Crippen LogP contribution < -0.4 is 5.32 Å². The minimum atomic E-state index is 0.564. The van der Waals surface area contributed by atoms with Crippen molar-refractivity contribution in [1.29, 1.82) is 0 Å². The minimum absolute atomic E-state index is 0.564. The Balaban J connectivity index is 1.75. The molecule has 1 rings (SSSR count). The number of rotatable bonds is 8. The van der Waals surface area contributed by atoms with Crippen LogP contribution in [0.2, 0.25) is 0 Å². The van der Waals surface area contributed by atoms with E-state index in [-0.39, 0.29) is 0 Å². The van der Waals surface area contributed by atoms with Crippen molar-refractivity contribution in [1.82, 2.24) is 5.32 Å². The highest BCUT2D eigenvalue weighted by Crippen LogP contribution is 2.02. The van der Waals surface area contributed by atoms with Gasteiger partial charge in [0.2, 0.25) is 0 Å². The molecule has 0 aromatic carbocycles. The summed E-state index contributed by atoms with van der Waals surface area (Å²) in [4.78, 5) is 0. The Morgan fingerprint density at radius 1 is 1.36 bits per heavy atom. The van der Waals surface area contributed by atoms with Gasteiger partial charge in [-0.25, -0.2) is 0 Å². The van der Waals surface area contributed by atoms with Gasteiger partial charge >= 0.3 is 0 Å². The summed E-state index contributed by atoms with van der Waals surface area (Å²) in [5.74, 6) is 0. The normalized spacial score (nSPS) is 21.6. The molecule has 1 aliphatic rings. The van der Waals surface area contributed by atoms with Crippen LogP contribution in [-0.2, 0) is 14.2 Å². The largest absolute Gasteiger partial charge is 0.382 e. The monoisotopic (exact) mass is 203 g/mol. The number of ether oxygens (including phenoxy) is 3. The van der Waals surface area contributed by atoms with E-state index in [1.165, 1.54) is 0 Å². The van der Waals surface area contributed by atoms with E-state index in [9.17, 15) is 0 Å². The van der Waals surface area contributed by atoms with Crippen LogP contribution >= 0.6 is 0 Å². The summed E-state index contributed by atoms with van der Waals surface area (Å²) in [5.41, 5.74) is 0. The predicted molar refractivity (Wildman–Crippen MR) is 54.5 cm³/mol. The van der Waals surface area contributed by atoms with Crippen LogP contribution in [0.25, 0.3) is 0 Å². The third-order valence-electron chi connectivity index (χ3n) is 2.26. The van der Waals surface area contributed by atoms with Gasteiger partial charge in [0.05, 0.1) is 19.8 Å². The molecule has 1 saturated heterocycles. The van der Waals surface area contributed by atoms with Crippen molar-refractivity contribution < 1.29 is 14.2 Å². The van der Waals surface area contributed by atoms with E-state index in [0.717, 1.165) is 39.2 Å². The lowest BCUT2D eigenvalue weighted by atomic mass is 10.2. The van der Waals surface area contributed by atoms with Gasteiger partial charge in [0, 0.05) is 26.4 Å². The molecule has 4 nitrogen and oxygen atoms in total. The third-order valence-corrected chi connectivity index (χ3v) is 2.26. The van der Waals surface area contributed by atoms with Crippen LogP contribution in [0, 0.1) is 0 Å². The smallest absolute Gasteiger partial charge is 0.0700 e. The molecular weight excluding hydrogens is 182 g/mol. The van der Waals surface area contributed by atoms with E-state index in [1.807, 2.05) is 0 Å². The summed E-state index contributed by atoms with van der Waals surface area (Å²) in [7, 11) is 1.69. The fourth-order valence-electron chi connectivity index (χ4n) is 1.42. The van der Waals surface area contributed by atoms with Crippen molar-refractivity contribution >= 4 is 0 Å². The Hall–Kier alpha value is -0.160. The van der Waals surface area contributed by atoms with Crippen molar-refractivity contribution in [2.45, 2.75) is 18.9 Å². The van der Waals surface area contributed by atoms with Crippen molar-refractivity contribution in [3.05, 3.63) is 0 Å². The highest BCUT2D eigenvalue weighted by molar-refractivity contribution is 4.70. The lowest BCUT2D eigenvalue weighted by Crippen LogP contribution is -2.30. The first-order valence-corrected chi connectivity index (χ1v) is 5.31. The van der Waals surface area contributed by atoms with Gasteiger partial charge in [-0.1, -0.05) is 0 Å². The van der Waals surface area contributed by atoms with Crippen molar-refractivity contribution in [2.75, 3.05) is 46.7 Å². The van der Waals surface area contributed by atoms with E-state index in [2.05, 4.69) is 5.32 Å². The molecule has 0 amide bonds. The molecule has 1 N–H and O–H groups in total. The molecule has 0 aromatic heterocycles. The summed E-state index contributed by atoms with van der Waals surface area (Å²) < 4.78 is 15.5. The van der Waals surface area contributed by atoms with Crippen LogP contribution in [0.1, 0.15) is 12.8 Å². The van der Waals surface area contributed by atoms with Crippen LogP contribution in [0.5, 0.6) is 0 Å². The standard InChI is InChI=1S/C10H21NO3/c1-12-7-8-13-5-2-4-11-10-3-6-14-9-10/h10-11H,2-9H2,1H3. The maximum absolute atomic E-state index is 5.34. The predicted octanol–water partition coefficient (Wildman–Crippen LogP) is 0.418. The molecule has 0 aliphatic carbocycles. The topological polar surface area (TPSA) is 39.7 Å². The Morgan fingerprint density at radius 2 is 2.29 bits per heavy atom. The summed E-state index contributed by atoms with van der Waals surface area (Å²) in [6.07, 6.45) is 2.20. The summed E-state index contributed by atoms with van der Waals surface area (Å²) >= 11 is 0. The number of hydrogen-bond donors (Lipinski definition) is 1. The SMILES string of the molecule is COCCOCCCNC1CCOC1. The first-order chi connectivity index (χ1) is 6.93. The van der Waals surface area contributed by atoms with Crippen molar-refractivity contribution in [3.8, 4) is 0 Å².